The first kappa shape index (κ1) is 29.7. The van der Waals surface area contributed by atoms with E-state index >= 15 is 0 Å². The van der Waals surface area contributed by atoms with E-state index in [4.69, 9.17) is 0 Å². The molecule has 1 heteroatoms. The summed E-state index contributed by atoms with van der Waals surface area (Å²) < 4.78 is 0. The molecule has 0 aromatic heterocycles. The predicted molar refractivity (Wildman–Crippen MR) is 139 cm³/mol. The van der Waals surface area contributed by atoms with Crippen molar-refractivity contribution >= 4 is 0 Å². The third-order valence-electron chi connectivity index (χ3n) is 6.65. The third kappa shape index (κ3) is 22.4. The van der Waals surface area contributed by atoms with Crippen molar-refractivity contribution in [2.45, 2.75) is 149 Å². The van der Waals surface area contributed by atoms with Crippen LogP contribution in [0.25, 0.3) is 0 Å². The molecule has 0 fully saturated rings. The van der Waals surface area contributed by atoms with Crippen LogP contribution < -0.4 is 0 Å². The summed E-state index contributed by atoms with van der Waals surface area (Å²) in [6.07, 6.45) is 27.8. The molecule has 0 aromatic carbocycles. The Morgan fingerprint density at radius 1 is 0.633 bits per heavy atom. The van der Waals surface area contributed by atoms with Gasteiger partial charge < -0.3 is 4.90 Å². The molecule has 0 radical (unpaired) electrons. The molecule has 180 valence electrons. The standard InChI is InChI=1S/C29H59N/c1-6-8-10-12-15-19-23-28(3)27-29(4)24-20-16-14-18-22-26-30(5)25-21-17-13-11-9-7-2/h28H,4,6-27H2,1-3,5H3. The lowest BCUT2D eigenvalue weighted by Crippen LogP contribution is -2.20. The number of allylic oxidation sites excluding steroid dienone is 1. The molecule has 0 saturated carbocycles. The van der Waals surface area contributed by atoms with Crippen molar-refractivity contribution < 1.29 is 0 Å². The van der Waals surface area contributed by atoms with E-state index in [2.05, 4.69) is 39.3 Å². The average molecular weight is 422 g/mol. The Morgan fingerprint density at radius 3 is 1.60 bits per heavy atom. The summed E-state index contributed by atoms with van der Waals surface area (Å²) in [7, 11) is 2.31. The summed E-state index contributed by atoms with van der Waals surface area (Å²) in [4.78, 5) is 2.55. The molecule has 0 bridgehead atoms. The van der Waals surface area contributed by atoms with Gasteiger partial charge in [0, 0.05) is 0 Å². The summed E-state index contributed by atoms with van der Waals surface area (Å²) in [5.41, 5.74) is 1.51. The molecule has 0 spiro atoms. The molecule has 0 rings (SSSR count). The molecule has 1 nitrogen and oxygen atoms in total. The first-order valence-electron chi connectivity index (χ1n) is 13.9. The van der Waals surface area contributed by atoms with Gasteiger partial charge in [0.05, 0.1) is 0 Å². The second kappa shape index (κ2) is 23.4. The van der Waals surface area contributed by atoms with E-state index in [9.17, 15) is 0 Å². The van der Waals surface area contributed by atoms with Gasteiger partial charge in [0.25, 0.3) is 0 Å². The van der Waals surface area contributed by atoms with Crippen LogP contribution in [0.3, 0.4) is 0 Å². The van der Waals surface area contributed by atoms with E-state index in [1.807, 2.05) is 0 Å². The van der Waals surface area contributed by atoms with Crippen LogP contribution in [0, 0.1) is 5.92 Å². The first-order chi connectivity index (χ1) is 14.6. The van der Waals surface area contributed by atoms with Crippen molar-refractivity contribution in [1.82, 2.24) is 4.90 Å². The van der Waals surface area contributed by atoms with Crippen LogP contribution >= 0.6 is 0 Å². The molecule has 0 heterocycles. The normalized spacial score (nSPS) is 12.6. The van der Waals surface area contributed by atoms with Crippen LogP contribution in [0.2, 0.25) is 0 Å². The third-order valence-corrected chi connectivity index (χ3v) is 6.65. The summed E-state index contributed by atoms with van der Waals surface area (Å²) >= 11 is 0. The largest absolute Gasteiger partial charge is 0.306 e. The van der Waals surface area contributed by atoms with Crippen LogP contribution in [0.15, 0.2) is 12.2 Å². The van der Waals surface area contributed by atoms with Crippen molar-refractivity contribution in [3.63, 3.8) is 0 Å². The summed E-state index contributed by atoms with van der Waals surface area (Å²) in [5, 5.41) is 0. The molecule has 0 N–H and O–H groups in total. The molecule has 0 aliphatic rings. The minimum atomic E-state index is 0.839. The number of unbranched alkanes of at least 4 members (excludes halogenated alkanes) is 14. The van der Waals surface area contributed by atoms with Gasteiger partial charge >= 0.3 is 0 Å². The molecule has 0 aliphatic heterocycles. The molecule has 0 amide bonds. The Hall–Kier alpha value is -0.300. The number of hydrogen-bond donors (Lipinski definition) is 0. The maximum Gasteiger partial charge on any atom is -0.00218 e. The summed E-state index contributed by atoms with van der Waals surface area (Å²) in [6.45, 7) is 14.0. The quantitative estimate of drug-likeness (QED) is 0.111. The lowest BCUT2D eigenvalue weighted by molar-refractivity contribution is 0.314. The molecule has 1 atom stereocenters. The van der Waals surface area contributed by atoms with Crippen molar-refractivity contribution in [3.05, 3.63) is 12.2 Å². The zero-order chi connectivity index (χ0) is 22.3. The molecule has 1 unspecified atom stereocenters. The van der Waals surface area contributed by atoms with E-state index in [-0.39, 0.29) is 0 Å². The Kier molecular flexibility index (Phi) is 23.1. The van der Waals surface area contributed by atoms with Crippen molar-refractivity contribution in [2.24, 2.45) is 5.92 Å². The molecular weight excluding hydrogens is 362 g/mol. The van der Waals surface area contributed by atoms with Crippen molar-refractivity contribution in [2.75, 3.05) is 20.1 Å². The van der Waals surface area contributed by atoms with Crippen LogP contribution in [0.1, 0.15) is 149 Å². The molecular formula is C29H59N. The van der Waals surface area contributed by atoms with E-state index in [0.29, 0.717) is 0 Å². The Balaban J connectivity index is 3.39. The fourth-order valence-corrected chi connectivity index (χ4v) is 4.53. The monoisotopic (exact) mass is 421 g/mol. The van der Waals surface area contributed by atoms with E-state index in [1.54, 1.807) is 0 Å². The van der Waals surface area contributed by atoms with Gasteiger partial charge in [-0.2, -0.15) is 0 Å². The lowest BCUT2D eigenvalue weighted by atomic mass is 9.93. The highest BCUT2D eigenvalue weighted by molar-refractivity contribution is 4.95. The fourth-order valence-electron chi connectivity index (χ4n) is 4.53. The highest BCUT2D eigenvalue weighted by Gasteiger charge is 2.05. The van der Waals surface area contributed by atoms with Gasteiger partial charge in [0.15, 0.2) is 0 Å². The second-order valence-electron chi connectivity index (χ2n) is 10.2. The maximum atomic E-state index is 4.37. The number of nitrogens with zero attached hydrogens (tertiary/aromatic N) is 1. The van der Waals surface area contributed by atoms with Gasteiger partial charge in [-0.25, -0.2) is 0 Å². The van der Waals surface area contributed by atoms with Gasteiger partial charge in [0.2, 0.25) is 0 Å². The molecule has 0 aromatic rings. The Morgan fingerprint density at radius 2 is 1.07 bits per heavy atom. The van der Waals surface area contributed by atoms with E-state index in [0.717, 1.165) is 5.92 Å². The van der Waals surface area contributed by atoms with E-state index < -0.39 is 0 Å². The second-order valence-corrected chi connectivity index (χ2v) is 10.2. The summed E-state index contributed by atoms with van der Waals surface area (Å²) in [6, 6.07) is 0. The minimum absolute atomic E-state index is 0.839. The Labute approximate surface area is 192 Å². The molecule has 30 heavy (non-hydrogen) atoms. The number of rotatable bonds is 24. The van der Waals surface area contributed by atoms with E-state index in [1.165, 1.54) is 147 Å². The maximum absolute atomic E-state index is 4.37. The predicted octanol–water partition coefficient (Wildman–Crippen LogP) is 9.95. The lowest BCUT2D eigenvalue weighted by Gasteiger charge is -2.16. The average Bonchev–Trinajstić information content (AvgIpc) is 2.72. The first-order valence-corrected chi connectivity index (χ1v) is 13.9. The van der Waals surface area contributed by atoms with Gasteiger partial charge in [0.1, 0.15) is 0 Å². The van der Waals surface area contributed by atoms with Crippen LogP contribution in [-0.2, 0) is 0 Å². The zero-order valence-corrected chi connectivity index (χ0v) is 21.8. The van der Waals surface area contributed by atoms with Gasteiger partial charge in [-0.15, -0.1) is 0 Å². The molecule has 0 saturated heterocycles. The zero-order valence-electron chi connectivity index (χ0n) is 21.8. The Bertz CT molecular complexity index is 348. The van der Waals surface area contributed by atoms with Crippen molar-refractivity contribution in [3.8, 4) is 0 Å². The highest BCUT2D eigenvalue weighted by atomic mass is 15.1. The van der Waals surface area contributed by atoms with Crippen molar-refractivity contribution in [1.29, 1.82) is 0 Å². The van der Waals surface area contributed by atoms with Crippen LogP contribution in [0.4, 0.5) is 0 Å². The highest BCUT2D eigenvalue weighted by Crippen LogP contribution is 2.21. The van der Waals surface area contributed by atoms with Crippen LogP contribution in [0.5, 0.6) is 0 Å². The van der Waals surface area contributed by atoms with Gasteiger partial charge in [-0.05, 0) is 58.2 Å². The summed E-state index contributed by atoms with van der Waals surface area (Å²) in [5.74, 6) is 0.839. The van der Waals surface area contributed by atoms with Gasteiger partial charge in [-0.1, -0.05) is 129 Å². The smallest absolute Gasteiger partial charge is 0.00218 e. The SMILES string of the molecule is C=C(CCCCCCCN(C)CCCCCCCC)CC(C)CCCCCCCC. The topological polar surface area (TPSA) is 3.24 Å². The molecule has 0 aliphatic carbocycles. The van der Waals surface area contributed by atoms with Crippen LogP contribution in [-0.4, -0.2) is 25.0 Å². The van der Waals surface area contributed by atoms with Gasteiger partial charge in [-0.3, -0.25) is 0 Å². The fraction of sp³-hybridized carbons (Fsp3) is 0.931. The minimum Gasteiger partial charge on any atom is -0.306 e. The number of hydrogen-bond acceptors (Lipinski definition) is 1.